The van der Waals surface area contributed by atoms with Crippen LogP contribution in [0.4, 0.5) is 0 Å². The third kappa shape index (κ3) is 5.33. The maximum Gasteiger partial charge on any atom is 0.0169 e. The van der Waals surface area contributed by atoms with E-state index in [1.165, 1.54) is 77.9 Å². The Bertz CT molecular complexity index is 460. The van der Waals surface area contributed by atoms with Crippen LogP contribution in [0.5, 0.6) is 0 Å². The Kier molecular flexibility index (Phi) is 6.85. The Morgan fingerprint density at radius 2 is 1.62 bits per heavy atom. The second kappa shape index (κ2) is 8.75. The molecule has 0 aromatic carbocycles. The maximum absolute atomic E-state index is 2.77. The molecule has 0 N–H and O–H groups in total. The van der Waals surface area contributed by atoms with Crippen LogP contribution in [0.25, 0.3) is 0 Å². The fourth-order valence-corrected chi connectivity index (χ4v) is 5.18. The van der Waals surface area contributed by atoms with Crippen molar-refractivity contribution in [2.24, 2.45) is 11.3 Å². The summed E-state index contributed by atoms with van der Waals surface area (Å²) in [6.45, 7) is 20.8. The van der Waals surface area contributed by atoms with Crippen LogP contribution in [0.15, 0.2) is 11.6 Å². The number of piperidine rings is 2. The molecule has 3 nitrogen and oxygen atoms in total. The first-order valence-corrected chi connectivity index (χ1v) is 11.2. The number of rotatable bonds is 4. The minimum absolute atomic E-state index is 0.362. The van der Waals surface area contributed by atoms with Crippen LogP contribution in [0.3, 0.4) is 0 Å². The van der Waals surface area contributed by atoms with E-state index in [0.717, 1.165) is 18.0 Å². The molecule has 2 saturated heterocycles. The molecule has 150 valence electrons. The van der Waals surface area contributed by atoms with Crippen molar-refractivity contribution in [2.75, 3.05) is 45.8 Å². The second-order valence-electron chi connectivity index (χ2n) is 10.3. The molecule has 3 heterocycles. The average Bonchev–Trinajstić information content (AvgIpc) is 2.62. The van der Waals surface area contributed by atoms with Gasteiger partial charge in [0.15, 0.2) is 0 Å². The minimum Gasteiger partial charge on any atom is -0.303 e. The number of hydrogen-bond acceptors (Lipinski definition) is 3. The summed E-state index contributed by atoms with van der Waals surface area (Å²) in [7, 11) is 0. The van der Waals surface area contributed by atoms with E-state index < -0.39 is 0 Å². The zero-order valence-corrected chi connectivity index (χ0v) is 18.1. The lowest BCUT2D eigenvalue weighted by molar-refractivity contribution is 0.0818. The first-order valence-electron chi connectivity index (χ1n) is 11.2. The van der Waals surface area contributed by atoms with Crippen LogP contribution in [0.1, 0.15) is 66.7 Å². The van der Waals surface area contributed by atoms with Gasteiger partial charge in [-0.2, -0.15) is 0 Å². The Morgan fingerprint density at radius 3 is 2.12 bits per heavy atom. The van der Waals surface area contributed by atoms with Gasteiger partial charge in [-0.15, -0.1) is 0 Å². The summed E-state index contributed by atoms with van der Waals surface area (Å²) in [4.78, 5) is 8.18. The molecule has 3 rings (SSSR count). The highest BCUT2D eigenvalue weighted by Crippen LogP contribution is 2.31. The number of hydrogen-bond donors (Lipinski definition) is 0. The smallest absolute Gasteiger partial charge is 0.0169 e. The summed E-state index contributed by atoms with van der Waals surface area (Å²) in [5.74, 6) is 0.939. The third-order valence-electron chi connectivity index (χ3n) is 7.17. The molecule has 3 heteroatoms. The van der Waals surface area contributed by atoms with Crippen LogP contribution in [0, 0.1) is 11.3 Å². The summed E-state index contributed by atoms with van der Waals surface area (Å²) < 4.78 is 0. The Hall–Kier alpha value is -0.380. The van der Waals surface area contributed by atoms with Gasteiger partial charge in [0.1, 0.15) is 0 Å². The number of nitrogens with zero attached hydrogens (tertiary/aromatic N) is 3. The molecule has 0 saturated carbocycles. The van der Waals surface area contributed by atoms with Gasteiger partial charge in [0.05, 0.1) is 0 Å². The molecule has 3 aliphatic rings. The second-order valence-corrected chi connectivity index (χ2v) is 10.3. The van der Waals surface area contributed by atoms with Crippen LogP contribution in [-0.2, 0) is 0 Å². The van der Waals surface area contributed by atoms with Gasteiger partial charge in [-0.3, -0.25) is 4.90 Å². The summed E-state index contributed by atoms with van der Waals surface area (Å²) in [6, 6.07) is 1.55. The first kappa shape index (κ1) is 20.4. The molecule has 0 aromatic heterocycles. The highest BCUT2D eigenvalue weighted by molar-refractivity contribution is 5.15. The molecule has 0 unspecified atom stereocenters. The van der Waals surface area contributed by atoms with E-state index in [9.17, 15) is 0 Å². The van der Waals surface area contributed by atoms with E-state index in [4.69, 9.17) is 0 Å². The zero-order chi connectivity index (χ0) is 18.7. The molecular formula is C23H43N3. The van der Waals surface area contributed by atoms with Gasteiger partial charge in [-0.25, -0.2) is 0 Å². The lowest BCUT2D eigenvalue weighted by Gasteiger charge is -2.42. The van der Waals surface area contributed by atoms with Gasteiger partial charge >= 0.3 is 0 Å². The van der Waals surface area contributed by atoms with E-state index in [1.54, 1.807) is 5.57 Å². The summed E-state index contributed by atoms with van der Waals surface area (Å²) in [6.07, 6.45) is 9.37. The average molecular weight is 362 g/mol. The van der Waals surface area contributed by atoms with Crippen molar-refractivity contribution in [3.63, 3.8) is 0 Å². The largest absolute Gasteiger partial charge is 0.303 e. The third-order valence-corrected chi connectivity index (χ3v) is 7.17. The Morgan fingerprint density at radius 1 is 0.962 bits per heavy atom. The van der Waals surface area contributed by atoms with Crippen LogP contribution in [-0.4, -0.2) is 72.6 Å². The molecule has 0 amide bonds. The van der Waals surface area contributed by atoms with E-state index in [0.29, 0.717) is 5.41 Å². The van der Waals surface area contributed by atoms with Crippen LogP contribution in [0.2, 0.25) is 0 Å². The molecule has 0 aliphatic carbocycles. The van der Waals surface area contributed by atoms with Gasteiger partial charge in [0, 0.05) is 31.7 Å². The monoisotopic (exact) mass is 361 g/mol. The summed E-state index contributed by atoms with van der Waals surface area (Å²) in [5.41, 5.74) is 2.03. The highest BCUT2D eigenvalue weighted by atomic mass is 15.2. The molecule has 3 aliphatic heterocycles. The standard InChI is InChI=1S/C23H43N3/c1-19(2)25-14-6-20(7-15-25)18-24-12-10-22(11-13-24)26-16-8-21(9-17-26)23(3,4)5/h8,19-20,22H,6-7,9-18H2,1-5H3. The predicted octanol–water partition coefficient (Wildman–Crippen LogP) is 4.25. The fraction of sp³-hybridized carbons (Fsp3) is 0.913. The normalized spacial score (nSPS) is 26.5. The van der Waals surface area contributed by atoms with Crippen molar-refractivity contribution in [1.29, 1.82) is 0 Å². The molecule has 0 spiro atoms. The molecular weight excluding hydrogens is 318 g/mol. The van der Waals surface area contributed by atoms with Crippen molar-refractivity contribution in [1.82, 2.24) is 14.7 Å². The number of likely N-dealkylation sites (tertiary alicyclic amines) is 2. The summed E-state index contributed by atoms with van der Waals surface area (Å²) in [5, 5.41) is 0. The molecule has 0 bridgehead atoms. The summed E-state index contributed by atoms with van der Waals surface area (Å²) >= 11 is 0. The molecule has 2 fully saturated rings. The lowest BCUT2D eigenvalue weighted by atomic mass is 9.82. The van der Waals surface area contributed by atoms with E-state index in [1.807, 2.05) is 0 Å². The van der Waals surface area contributed by atoms with Gasteiger partial charge in [0.2, 0.25) is 0 Å². The van der Waals surface area contributed by atoms with E-state index in [-0.39, 0.29) is 0 Å². The van der Waals surface area contributed by atoms with Crippen LogP contribution < -0.4 is 0 Å². The van der Waals surface area contributed by atoms with E-state index >= 15 is 0 Å². The van der Waals surface area contributed by atoms with Crippen molar-refractivity contribution >= 4 is 0 Å². The van der Waals surface area contributed by atoms with Crippen LogP contribution >= 0.6 is 0 Å². The van der Waals surface area contributed by atoms with E-state index in [2.05, 4.69) is 55.4 Å². The topological polar surface area (TPSA) is 9.72 Å². The van der Waals surface area contributed by atoms with Gasteiger partial charge in [-0.1, -0.05) is 32.4 Å². The molecule has 0 atom stereocenters. The Balaban J connectivity index is 1.38. The van der Waals surface area contributed by atoms with Crippen molar-refractivity contribution in [2.45, 2.75) is 78.8 Å². The molecule has 0 radical (unpaired) electrons. The Labute approximate surface area is 162 Å². The zero-order valence-electron chi connectivity index (χ0n) is 18.1. The lowest BCUT2D eigenvalue weighted by Crippen LogP contribution is -2.48. The van der Waals surface area contributed by atoms with Crippen molar-refractivity contribution in [3.05, 3.63) is 11.6 Å². The minimum atomic E-state index is 0.362. The maximum atomic E-state index is 2.77. The van der Waals surface area contributed by atoms with Gasteiger partial charge in [0.25, 0.3) is 0 Å². The van der Waals surface area contributed by atoms with Gasteiger partial charge < -0.3 is 9.80 Å². The van der Waals surface area contributed by atoms with Crippen molar-refractivity contribution < 1.29 is 0 Å². The molecule has 0 aromatic rings. The fourth-order valence-electron chi connectivity index (χ4n) is 5.18. The first-order chi connectivity index (χ1) is 12.3. The highest BCUT2D eigenvalue weighted by Gasteiger charge is 2.29. The SMILES string of the molecule is CC(C)N1CCC(CN2CCC(N3CC=C(C(C)(C)C)CC3)CC2)CC1. The van der Waals surface area contributed by atoms with Gasteiger partial charge in [-0.05, 0) is 83.5 Å². The van der Waals surface area contributed by atoms with Crippen molar-refractivity contribution in [3.8, 4) is 0 Å². The quantitative estimate of drug-likeness (QED) is 0.693. The molecule has 26 heavy (non-hydrogen) atoms. The predicted molar refractivity (Wildman–Crippen MR) is 113 cm³/mol.